The lowest BCUT2D eigenvalue weighted by atomic mass is 10.1. The van der Waals surface area contributed by atoms with Crippen LogP contribution in [0.15, 0.2) is 12.7 Å². The number of hydrogen-bond acceptors (Lipinski definition) is 3. The molecule has 0 amide bonds. The lowest BCUT2D eigenvalue weighted by molar-refractivity contribution is 0.449. The quantitative estimate of drug-likeness (QED) is 0.367. The Hall–Kier alpha value is -0.460. The fourth-order valence-electron chi connectivity index (χ4n) is 1.26. The highest BCUT2D eigenvalue weighted by molar-refractivity contribution is 7.85. The lowest BCUT2D eigenvalue weighted by Gasteiger charge is -1.99. The molecule has 0 heterocycles. The van der Waals surface area contributed by atoms with Gasteiger partial charge in [-0.05, 0) is 12.8 Å². The predicted molar refractivity (Wildman–Crippen MR) is 74.0 cm³/mol. The van der Waals surface area contributed by atoms with Gasteiger partial charge >= 0.3 is 0 Å². The Kier molecular flexibility index (Phi) is 16.1. The Balaban J connectivity index is 0. The number of nitrogens with two attached hydrogens (primary N) is 1. The predicted octanol–water partition coefficient (Wildman–Crippen LogP) is 2.71. The van der Waals surface area contributed by atoms with Gasteiger partial charge in [0.1, 0.15) is 0 Å². The zero-order valence-electron chi connectivity index (χ0n) is 11.0. The second-order valence-corrected chi connectivity index (χ2v) is 5.55. The summed E-state index contributed by atoms with van der Waals surface area (Å²) in [6, 6.07) is 0. The molecule has 0 radical (unpaired) electrons. The van der Waals surface area contributed by atoms with E-state index >= 15 is 0 Å². The van der Waals surface area contributed by atoms with Crippen LogP contribution >= 0.6 is 0 Å². The maximum absolute atomic E-state index is 11.7. The molecule has 0 aromatic carbocycles. The minimum Gasteiger partial charge on any atom is -0.327 e. The van der Waals surface area contributed by atoms with E-state index in [1.54, 1.807) is 6.08 Å². The van der Waals surface area contributed by atoms with Crippen LogP contribution in [-0.2, 0) is 10.1 Å². The van der Waals surface area contributed by atoms with Crippen LogP contribution in [-0.4, -0.2) is 31.9 Å². The molecule has 0 saturated heterocycles. The first-order valence-electron chi connectivity index (χ1n) is 6.30. The Morgan fingerprint density at radius 3 is 1.78 bits per heavy atom. The van der Waals surface area contributed by atoms with Gasteiger partial charge in [0.2, 0.25) is 0 Å². The number of hydrogen-bond donors (Lipinski definition) is 2. The molecule has 6 heteroatoms. The summed E-state index contributed by atoms with van der Waals surface area (Å²) in [6.07, 6.45) is 7.51. The highest BCUT2D eigenvalue weighted by Crippen LogP contribution is 2.07. The van der Waals surface area contributed by atoms with Gasteiger partial charge in [0.25, 0.3) is 10.1 Å². The molecule has 0 aromatic heterocycles. The third kappa shape index (κ3) is 24.7. The average Bonchev–Trinajstić information content (AvgIpc) is 2.31. The molecule has 0 bridgehead atoms. The van der Waals surface area contributed by atoms with E-state index in [9.17, 15) is 12.8 Å². The van der Waals surface area contributed by atoms with E-state index in [2.05, 4.69) is 6.58 Å². The van der Waals surface area contributed by atoms with Crippen molar-refractivity contribution in [3.63, 3.8) is 0 Å². The maximum atomic E-state index is 11.7. The minimum absolute atomic E-state index is 0.141. The third-order valence-corrected chi connectivity index (χ3v) is 3.01. The Morgan fingerprint density at radius 2 is 1.44 bits per heavy atom. The van der Waals surface area contributed by atoms with Gasteiger partial charge in [0.15, 0.2) is 0 Å². The van der Waals surface area contributed by atoms with Crippen LogP contribution in [0.4, 0.5) is 4.39 Å². The molecule has 0 atom stereocenters. The van der Waals surface area contributed by atoms with E-state index in [1.807, 2.05) is 0 Å². The molecule has 0 aliphatic rings. The smallest absolute Gasteiger partial charge is 0.264 e. The largest absolute Gasteiger partial charge is 0.327 e. The van der Waals surface area contributed by atoms with Crippen molar-refractivity contribution in [1.82, 2.24) is 0 Å². The molecule has 4 nitrogen and oxygen atoms in total. The molecular formula is C12H26FNO3S. The first-order valence-corrected chi connectivity index (χ1v) is 7.91. The van der Waals surface area contributed by atoms with Crippen molar-refractivity contribution in [3.05, 3.63) is 12.7 Å². The van der Waals surface area contributed by atoms with Crippen molar-refractivity contribution in [1.29, 1.82) is 0 Å². The van der Waals surface area contributed by atoms with Crippen LogP contribution in [0.5, 0.6) is 0 Å². The van der Waals surface area contributed by atoms with Crippen LogP contribution in [0.1, 0.15) is 44.9 Å². The molecule has 0 saturated carbocycles. The molecule has 18 heavy (non-hydrogen) atoms. The van der Waals surface area contributed by atoms with Crippen molar-refractivity contribution in [3.8, 4) is 0 Å². The molecule has 110 valence electrons. The number of unbranched alkanes of at least 4 members (excludes halogenated alkanes) is 6. The first kappa shape index (κ1) is 19.9. The van der Waals surface area contributed by atoms with E-state index in [0.29, 0.717) is 19.4 Å². The van der Waals surface area contributed by atoms with Gasteiger partial charge in [-0.15, -0.1) is 6.58 Å². The van der Waals surface area contributed by atoms with Crippen molar-refractivity contribution < 1.29 is 17.4 Å². The van der Waals surface area contributed by atoms with Gasteiger partial charge in [-0.3, -0.25) is 8.94 Å². The summed E-state index contributed by atoms with van der Waals surface area (Å²) in [4.78, 5) is 0. The van der Waals surface area contributed by atoms with Crippen molar-refractivity contribution in [2.45, 2.75) is 44.9 Å². The molecule has 3 N–H and O–H groups in total. The third-order valence-electron chi connectivity index (χ3n) is 2.20. The monoisotopic (exact) mass is 283 g/mol. The highest BCUT2D eigenvalue weighted by Gasteiger charge is 2.02. The standard InChI is InChI=1S/C9H19FO3S.C3H7N/c10-8-6-4-2-1-3-5-7-9-14(11,12)13;1-2-3-4/h1-9H2,(H,11,12,13);2H,1,3-4H2. The molecule has 0 aliphatic heterocycles. The van der Waals surface area contributed by atoms with E-state index < -0.39 is 10.1 Å². The summed E-state index contributed by atoms with van der Waals surface area (Å²) in [6.45, 7) is 3.69. The Morgan fingerprint density at radius 1 is 1.06 bits per heavy atom. The van der Waals surface area contributed by atoms with Crippen molar-refractivity contribution in [2.75, 3.05) is 19.0 Å². The Bertz CT molecular complexity index is 268. The number of alkyl halides is 1. The van der Waals surface area contributed by atoms with Crippen molar-refractivity contribution in [2.24, 2.45) is 5.73 Å². The normalized spacial score (nSPS) is 10.6. The summed E-state index contributed by atoms with van der Waals surface area (Å²) < 4.78 is 40.7. The average molecular weight is 283 g/mol. The molecule has 0 unspecified atom stereocenters. The number of rotatable bonds is 10. The van der Waals surface area contributed by atoms with Gasteiger partial charge in [-0.25, -0.2) is 0 Å². The maximum Gasteiger partial charge on any atom is 0.264 e. The summed E-state index contributed by atoms with van der Waals surface area (Å²) >= 11 is 0. The fourth-order valence-corrected chi connectivity index (χ4v) is 1.83. The Labute approximate surface area is 110 Å². The van der Waals surface area contributed by atoms with Gasteiger partial charge < -0.3 is 5.73 Å². The second kappa shape index (κ2) is 14.6. The van der Waals surface area contributed by atoms with Crippen LogP contribution in [0, 0.1) is 0 Å². The van der Waals surface area contributed by atoms with E-state index in [-0.39, 0.29) is 12.4 Å². The zero-order valence-corrected chi connectivity index (χ0v) is 11.8. The molecule has 0 fully saturated rings. The highest BCUT2D eigenvalue weighted by atomic mass is 32.2. The van der Waals surface area contributed by atoms with Gasteiger partial charge in [-0.1, -0.05) is 38.2 Å². The second-order valence-electron chi connectivity index (χ2n) is 3.97. The summed E-state index contributed by atoms with van der Waals surface area (Å²) in [5.41, 5.74) is 4.91. The van der Waals surface area contributed by atoms with Gasteiger partial charge in [0.05, 0.1) is 12.4 Å². The minimum atomic E-state index is -3.78. The molecular weight excluding hydrogens is 257 g/mol. The van der Waals surface area contributed by atoms with E-state index in [1.165, 1.54) is 0 Å². The van der Waals surface area contributed by atoms with Crippen LogP contribution in [0.2, 0.25) is 0 Å². The van der Waals surface area contributed by atoms with Crippen LogP contribution in [0.25, 0.3) is 0 Å². The fraction of sp³-hybridized carbons (Fsp3) is 0.833. The van der Waals surface area contributed by atoms with E-state index in [0.717, 1.165) is 32.1 Å². The summed E-state index contributed by atoms with van der Waals surface area (Å²) in [7, 11) is -3.78. The number of halogens is 1. The summed E-state index contributed by atoms with van der Waals surface area (Å²) in [5, 5.41) is 0. The molecule has 0 aromatic rings. The summed E-state index contributed by atoms with van der Waals surface area (Å²) in [5.74, 6) is -0.141. The van der Waals surface area contributed by atoms with Crippen LogP contribution in [0.3, 0.4) is 0 Å². The van der Waals surface area contributed by atoms with Gasteiger partial charge in [-0.2, -0.15) is 8.42 Å². The molecule has 0 rings (SSSR count). The lowest BCUT2D eigenvalue weighted by Crippen LogP contribution is -2.03. The molecule has 0 spiro atoms. The zero-order chi connectivity index (χ0) is 14.3. The first-order chi connectivity index (χ1) is 8.47. The molecule has 0 aliphatic carbocycles. The topological polar surface area (TPSA) is 80.4 Å². The van der Waals surface area contributed by atoms with Gasteiger partial charge in [0, 0.05) is 6.54 Å². The SMILES string of the molecule is C=CCN.O=S(=O)(O)CCCCCCCCCF. The van der Waals surface area contributed by atoms with E-state index in [4.69, 9.17) is 10.3 Å². The van der Waals surface area contributed by atoms with Crippen LogP contribution < -0.4 is 5.73 Å². The van der Waals surface area contributed by atoms with Crippen molar-refractivity contribution >= 4 is 10.1 Å².